The summed E-state index contributed by atoms with van der Waals surface area (Å²) in [6, 6.07) is 63.1. The Morgan fingerprint density at radius 3 is 0.592 bits per heavy atom. The quantitative estimate of drug-likeness (QED) is 0.145. The third-order valence-electron chi connectivity index (χ3n) is 18.2. The van der Waals surface area contributed by atoms with Crippen LogP contribution in [0.25, 0.3) is 153 Å². The van der Waals surface area contributed by atoms with E-state index in [2.05, 4.69) is 105 Å². The topological polar surface area (TPSA) is 34.5 Å². The van der Waals surface area contributed by atoms with E-state index in [1.54, 1.807) is 60.1 Å². The first-order valence-electron chi connectivity index (χ1n) is 43.2. The van der Waals surface area contributed by atoms with Crippen LogP contribution in [0.1, 0.15) is 31.5 Å². The van der Waals surface area contributed by atoms with Crippen molar-refractivity contribution in [3.05, 3.63) is 339 Å². The van der Waals surface area contributed by atoms with Crippen molar-refractivity contribution in [3.63, 3.8) is 0 Å². The first kappa shape index (κ1) is 40.8. The Morgan fingerprint density at radius 1 is 0.143 bits per heavy atom. The third kappa shape index (κ3) is 11.2. The number of rotatable bonds is 0. The van der Waals surface area contributed by atoms with Gasteiger partial charge in [0.25, 0.3) is 0 Å². The summed E-state index contributed by atoms with van der Waals surface area (Å²) in [6.45, 7) is 0. The molecule has 0 N–H and O–H groups in total. The number of hydrogen-bond acceptors (Lipinski definition) is 0. The van der Waals surface area contributed by atoms with Crippen LogP contribution in [-0.2, 0) is 49.3 Å². The maximum atomic E-state index is 8.06. The number of aromatic nitrogens is 7. The Balaban J connectivity index is 0.000000110. The van der Waals surface area contributed by atoms with Crippen LogP contribution in [0, 0.1) is 0 Å². The number of fused-ring (bicyclic) bond motifs is 21. The second kappa shape index (κ2) is 26.8. The molecule has 0 spiro atoms. The summed E-state index contributed by atoms with van der Waals surface area (Å²) in [5, 5.41) is 12.2. The van der Waals surface area contributed by atoms with E-state index in [1.165, 1.54) is 67.4 Å². The molecule has 7 nitrogen and oxygen atoms in total. The SMILES string of the molecule is Cn1c2ccccc2c2ccccc21.[2H]c1c([2H])c([2H])c2c(c1[2H])c1c([2H])c([2H])c([2H])c([2H])c1n2C.[2H]c1cc2c(c([2H])c1[2H])c1c([2H])c([2H])c([2H])cc1n2C.[2H]c1cc2c3cc([2H])c([2H])cc3n(C)c2cc1[2H].[2H]c1cc2c3ccccc3n(C)c2cc1[2H].[2H]c1ccc2c(c1)c1cc([2H])ccc1n2C.[2H]c1ccc2c(c1)c1ccccc1n2C. The molecule has 0 aliphatic carbocycles. The highest BCUT2D eigenvalue weighted by molar-refractivity contribution is 6.13. The minimum atomic E-state index is -0.419. The van der Waals surface area contributed by atoms with E-state index >= 15 is 0 Å². The van der Waals surface area contributed by atoms with Gasteiger partial charge in [0.15, 0.2) is 0 Å². The monoisotopic (exact) mass is 1290 g/mol. The second-order valence-corrected chi connectivity index (χ2v) is 23.5. The largest absolute Gasteiger partial charge is 0.344 e. The molecule has 98 heavy (non-hydrogen) atoms. The predicted octanol–water partition coefficient (Wildman–Crippen LogP) is 23.3. The fraction of sp³-hybridized carbons (Fsp3) is 0.0769. The van der Waals surface area contributed by atoms with Crippen molar-refractivity contribution in [2.45, 2.75) is 0 Å². The number of benzene rings is 14. The van der Waals surface area contributed by atoms with E-state index in [1.807, 2.05) is 92.4 Å². The summed E-state index contributed by atoms with van der Waals surface area (Å²) in [5.41, 5.74) is 12.6. The van der Waals surface area contributed by atoms with E-state index < -0.39 is 24.2 Å². The van der Waals surface area contributed by atoms with Crippen LogP contribution in [0.4, 0.5) is 0 Å². The zero-order valence-electron chi connectivity index (χ0n) is 77.7. The summed E-state index contributed by atoms with van der Waals surface area (Å²) in [4.78, 5) is 0. The first-order chi connectivity index (χ1) is 57.5. The van der Waals surface area contributed by atoms with Gasteiger partial charge in [0.05, 0.1) is 31.5 Å². The standard InChI is InChI=1S/7C13H11N/c7*1-14-12-8-4-2-6-10(12)11-7-3-5-9-13(11)14/h7*2-9H,1H3/i2D,3D,4D,5D,6D,7D,8D,9D;2D,3D,4D,5D,6D,7D;2D,3D,4D,5D;2D,4D;2D,3D;2D;. The molecule has 0 radical (unpaired) electrons. The maximum absolute atomic E-state index is 8.06. The summed E-state index contributed by atoms with van der Waals surface area (Å²) < 4.78 is 193. The van der Waals surface area contributed by atoms with E-state index in [9.17, 15) is 0 Å². The van der Waals surface area contributed by atoms with Gasteiger partial charge in [-0.1, -0.05) is 254 Å². The van der Waals surface area contributed by atoms with Crippen LogP contribution in [-0.4, -0.2) is 32.0 Å². The molecule has 0 fully saturated rings. The molecule has 0 amide bonds. The molecule has 0 aliphatic heterocycles. The summed E-state index contributed by atoms with van der Waals surface area (Å²) in [6.07, 6.45) is 0. The molecule has 7 heterocycles. The zero-order chi connectivity index (χ0) is 86.8. The minimum Gasteiger partial charge on any atom is -0.344 e. The second-order valence-electron chi connectivity index (χ2n) is 23.5. The molecular weight excluding hydrogens is 1190 g/mol. The lowest BCUT2D eigenvalue weighted by Gasteiger charge is -1.95. The average Bonchev–Trinajstić information content (AvgIpc) is 1.58. The van der Waals surface area contributed by atoms with Crippen LogP contribution >= 0.6 is 0 Å². The predicted molar refractivity (Wildman–Crippen MR) is 423 cm³/mol. The van der Waals surface area contributed by atoms with Crippen molar-refractivity contribution < 1.29 is 31.5 Å². The van der Waals surface area contributed by atoms with Gasteiger partial charge in [0, 0.05) is 202 Å². The highest BCUT2D eigenvalue weighted by Crippen LogP contribution is 2.33. The van der Waals surface area contributed by atoms with Gasteiger partial charge in [0.2, 0.25) is 0 Å². The lowest BCUT2D eigenvalue weighted by molar-refractivity contribution is 1.01. The van der Waals surface area contributed by atoms with Crippen LogP contribution < -0.4 is 0 Å². The zero-order valence-corrected chi connectivity index (χ0v) is 54.7. The molecule has 14 aromatic carbocycles. The lowest BCUT2D eigenvalue weighted by Crippen LogP contribution is -1.84. The van der Waals surface area contributed by atoms with Crippen LogP contribution in [0.2, 0.25) is 0 Å². The van der Waals surface area contributed by atoms with Crippen molar-refractivity contribution in [2.24, 2.45) is 49.3 Å². The molecule has 21 aromatic rings. The van der Waals surface area contributed by atoms with Crippen LogP contribution in [0.3, 0.4) is 0 Å². The summed E-state index contributed by atoms with van der Waals surface area (Å²) >= 11 is 0. The Hall–Kier alpha value is -12.3. The van der Waals surface area contributed by atoms with Gasteiger partial charge in [-0.05, 0) is 84.9 Å². The minimum absolute atomic E-state index is 0.0443. The molecule has 476 valence electrons. The van der Waals surface area contributed by atoms with Gasteiger partial charge in [-0.3, -0.25) is 0 Å². The number of aryl methyl sites for hydroxylation is 7. The fourth-order valence-corrected chi connectivity index (χ4v) is 13.3. The van der Waals surface area contributed by atoms with Gasteiger partial charge in [-0.15, -0.1) is 0 Å². The van der Waals surface area contributed by atoms with Crippen molar-refractivity contribution >= 4 is 153 Å². The van der Waals surface area contributed by atoms with Crippen LogP contribution in [0.15, 0.2) is 339 Å². The van der Waals surface area contributed by atoms with Gasteiger partial charge >= 0.3 is 0 Å². The normalized spacial score (nSPS) is 14.5. The first-order valence-corrected chi connectivity index (χ1v) is 31.7. The van der Waals surface area contributed by atoms with Gasteiger partial charge in [-0.2, -0.15) is 0 Å². The number of hydrogen-bond donors (Lipinski definition) is 0. The number of nitrogens with zero attached hydrogens (tertiary/aromatic N) is 7. The Morgan fingerprint density at radius 2 is 0.306 bits per heavy atom. The lowest BCUT2D eigenvalue weighted by atomic mass is 10.2. The Kier molecular flexibility index (Phi) is 11.2. The van der Waals surface area contributed by atoms with Gasteiger partial charge in [-0.25, -0.2) is 0 Å². The van der Waals surface area contributed by atoms with E-state index in [4.69, 9.17) is 31.5 Å². The van der Waals surface area contributed by atoms with E-state index in [0.717, 1.165) is 65.4 Å². The van der Waals surface area contributed by atoms with Crippen molar-refractivity contribution in [1.29, 1.82) is 0 Å². The molecule has 0 saturated carbocycles. The van der Waals surface area contributed by atoms with E-state index in [0.29, 0.717) is 39.9 Å². The molecule has 0 saturated heterocycles. The van der Waals surface area contributed by atoms with Crippen molar-refractivity contribution in [2.75, 3.05) is 0 Å². The summed E-state index contributed by atoms with van der Waals surface area (Å²) in [5.74, 6) is 0. The average molecular weight is 1290 g/mol. The van der Waals surface area contributed by atoms with Gasteiger partial charge in [0.1, 0.15) is 0 Å². The molecule has 7 heteroatoms. The molecule has 0 unspecified atom stereocenters. The van der Waals surface area contributed by atoms with Crippen LogP contribution in [0.5, 0.6) is 0 Å². The van der Waals surface area contributed by atoms with Crippen molar-refractivity contribution in [3.8, 4) is 0 Å². The maximum Gasteiger partial charge on any atom is 0.0645 e. The Bertz CT molecular complexity index is 7550. The third-order valence-corrected chi connectivity index (χ3v) is 18.2. The fourth-order valence-electron chi connectivity index (χ4n) is 13.3. The highest BCUT2D eigenvalue weighted by atomic mass is 15.0. The molecule has 7 aromatic heterocycles. The highest BCUT2D eigenvalue weighted by Gasteiger charge is 2.11. The molecule has 21 rings (SSSR count). The molecule has 0 atom stereocenters. The van der Waals surface area contributed by atoms with Crippen molar-refractivity contribution in [1.82, 2.24) is 32.0 Å². The number of para-hydroxylation sites is 14. The molecule has 0 bridgehead atoms. The Labute approximate surface area is 602 Å². The van der Waals surface area contributed by atoms with Gasteiger partial charge < -0.3 is 32.0 Å². The van der Waals surface area contributed by atoms with E-state index in [-0.39, 0.29) is 118 Å². The summed E-state index contributed by atoms with van der Waals surface area (Å²) in [7, 11) is 13.3. The molecule has 0 aliphatic rings. The smallest absolute Gasteiger partial charge is 0.0645 e. The molecular formula is C91H77N7.